The average molecular weight is 310 g/mol. The number of benzene rings is 1. The highest BCUT2D eigenvalue weighted by atomic mass is 79.9. The van der Waals surface area contributed by atoms with Crippen LogP contribution in [0.4, 0.5) is 5.69 Å². The van der Waals surface area contributed by atoms with E-state index >= 15 is 0 Å². The molecule has 1 aromatic carbocycles. The van der Waals surface area contributed by atoms with Crippen LogP contribution in [0, 0.1) is 13.8 Å². The van der Waals surface area contributed by atoms with Gasteiger partial charge < -0.3 is 10.5 Å². The lowest BCUT2D eigenvalue weighted by Crippen LogP contribution is -2.04. The summed E-state index contributed by atoms with van der Waals surface area (Å²) in [6, 6.07) is 5.71. The van der Waals surface area contributed by atoms with Crippen LogP contribution in [-0.4, -0.2) is 9.78 Å². The van der Waals surface area contributed by atoms with Gasteiger partial charge in [-0.1, -0.05) is 6.07 Å². The van der Waals surface area contributed by atoms with Crippen LogP contribution in [0.2, 0.25) is 0 Å². The highest BCUT2D eigenvalue weighted by molar-refractivity contribution is 9.10. The number of nitrogen functional groups attached to an aromatic ring is 1. The first-order valence-electron chi connectivity index (χ1n) is 5.66. The molecule has 0 aliphatic rings. The van der Waals surface area contributed by atoms with Crippen LogP contribution < -0.4 is 10.5 Å². The minimum Gasteiger partial charge on any atom is -0.487 e. The number of halogens is 1. The fraction of sp³-hybridized carbons (Fsp3) is 0.308. The van der Waals surface area contributed by atoms with Gasteiger partial charge in [-0.05, 0) is 41.4 Å². The summed E-state index contributed by atoms with van der Waals surface area (Å²) in [5.41, 5.74) is 9.61. The van der Waals surface area contributed by atoms with Gasteiger partial charge in [-0.25, -0.2) is 0 Å². The Morgan fingerprint density at radius 3 is 2.67 bits per heavy atom. The maximum atomic E-state index is 5.85. The van der Waals surface area contributed by atoms with Crippen molar-refractivity contribution in [3.63, 3.8) is 0 Å². The number of hydrogen-bond donors (Lipinski definition) is 1. The number of rotatable bonds is 3. The Kier molecular flexibility index (Phi) is 3.61. The second kappa shape index (κ2) is 5.02. The average Bonchev–Trinajstić information content (AvgIpc) is 2.56. The van der Waals surface area contributed by atoms with Crippen LogP contribution in [0.15, 0.2) is 22.7 Å². The predicted molar refractivity (Wildman–Crippen MR) is 75.6 cm³/mol. The molecule has 2 rings (SSSR count). The van der Waals surface area contributed by atoms with Gasteiger partial charge in [0.05, 0.1) is 15.9 Å². The Balaban J connectivity index is 2.14. The van der Waals surface area contributed by atoms with E-state index < -0.39 is 0 Å². The lowest BCUT2D eigenvalue weighted by atomic mass is 10.2. The maximum absolute atomic E-state index is 5.85. The van der Waals surface area contributed by atoms with E-state index in [1.54, 1.807) is 0 Å². The molecule has 0 bridgehead atoms. The first-order valence-corrected chi connectivity index (χ1v) is 6.45. The van der Waals surface area contributed by atoms with Crippen molar-refractivity contribution in [3.05, 3.63) is 39.6 Å². The molecule has 0 amide bonds. The number of anilines is 1. The van der Waals surface area contributed by atoms with Gasteiger partial charge in [-0.15, -0.1) is 0 Å². The molecule has 4 nitrogen and oxygen atoms in total. The van der Waals surface area contributed by atoms with E-state index in [1.165, 1.54) is 0 Å². The van der Waals surface area contributed by atoms with E-state index in [9.17, 15) is 0 Å². The van der Waals surface area contributed by atoms with E-state index in [4.69, 9.17) is 10.5 Å². The minimum atomic E-state index is 0.459. The van der Waals surface area contributed by atoms with Crippen LogP contribution in [0.1, 0.15) is 17.0 Å². The third kappa shape index (κ3) is 2.51. The monoisotopic (exact) mass is 309 g/mol. The molecule has 0 unspecified atom stereocenters. The molecule has 18 heavy (non-hydrogen) atoms. The topological polar surface area (TPSA) is 53.1 Å². The third-order valence-corrected chi connectivity index (χ3v) is 3.92. The van der Waals surface area contributed by atoms with Crippen LogP contribution in [0.3, 0.4) is 0 Å². The van der Waals surface area contributed by atoms with Crippen molar-refractivity contribution >= 4 is 21.6 Å². The zero-order valence-corrected chi connectivity index (χ0v) is 12.3. The summed E-state index contributed by atoms with van der Waals surface area (Å²) >= 11 is 3.51. The second-order valence-electron chi connectivity index (χ2n) is 4.28. The summed E-state index contributed by atoms with van der Waals surface area (Å²) in [4.78, 5) is 0. The molecule has 0 aliphatic heterocycles. The molecule has 0 saturated heterocycles. The van der Waals surface area contributed by atoms with E-state index in [1.807, 2.05) is 43.8 Å². The SMILES string of the molecule is Cc1ccc(OCc2c(Br)c(C)nn2C)cc1N. The summed E-state index contributed by atoms with van der Waals surface area (Å²) in [7, 11) is 1.90. The van der Waals surface area contributed by atoms with Gasteiger partial charge in [0.15, 0.2) is 0 Å². The van der Waals surface area contributed by atoms with Crippen LogP contribution >= 0.6 is 15.9 Å². The molecule has 1 aromatic heterocycles. The summed E-state index contributed by atoms with van der Waals surface area (Å²) in [6.45, 7) is 4.39. The molecule has 96 valence electrons. The van der Waals surface area contributed by atoms with Gasteiger partial charge in [-0.2, -0.15) is 5.10 Å². The van der Waals surface area contributed by atoms with Crippen molar-refractivity contribution in [1.29, 1.82) is 0 Å². The maximum Gasteiger partial charge on any atom is 0.131 e. The molecule has 0 fully saturated rings. The Bertz CT molecular complexity index is 578. The fourth-order valence-corrected chi connectivity index (χ4v) is 2.15. The fourth-order valence-electron chi connectivity index (χ4n) is 1.70. The van der Waals surface area contributed by atoms with E-state index in [0.29, 0.717) is 6.61 Å². The smallest absolute Gasteiger partial charge is 0.131 e. The Morgan fingerprint density at radius 2 is 2.11 bits per heavy atom. The van der Waals surface area contributed by atoms with Crippen LogP contribution in [-0.2, 0) is 13.7 Å². The molecule has 5 heteroatoms. The van der Waals surface area contributed by atoms with Crippen LogP contribution in [0.5, 0.6) is 5.75 Å². The summed E-state index contributed by atoms with van der Waals surface area (Å²) < 4.78 is 8.54. The van der Waals surface area contributed by atoms with E-state index in [0.717, 1.165) is 32.9 Å². The molecule has 0 atom stereocenters. The molecule has 0 saturated carbocycles. The van der Waals surface area contributed by atoms with Crippen molar-refractivity contribution in [3.8, 4) is 5.75 Å². The Labute approximate surface area is 115 Å². The predicted octanol–water partition coefficient (Wildman–Crippen LogP) is 2.96. The minimum absolute atomic E-state index is 0.459. The second-order valence-corrected chi connectivity index (χ2v) is 5.07. The van der Waals surface area contributed by atoms with Gasteiger partial charge in [-0.3, -0.25) is 4.68 Å². The van der Waals surface area contributed by atoms with Crippen molar-refractivity contribution in [1.82, 2.24) is 9.78 Å². The van der Waals surface area contributed by atoms with Crippen LogP contribution in [0.25, 0.3) is 0 Å². The largest absolute Gasteiger partial charge is 0.487 e. The summed E-state index contributed by atoms with van der Waals surface area (Å²) in [5, 5.41) is 4.32. The summed E-state index contributed by atoms with van der Waals surface area (Å²) in [5.74, 6) is 0.767. The lowest BCUT2D eigenvalue weighted by Gasteiger charge is -2.08. The molecule has 1 heterocycles. The molecular formula is C13H16BrN3O. The summed E-state index contributed by atoms with van der Waals surface area (Å²) in [6.07, 6.45) is 0. The van der Waals surface area contributed by atoms with E-state index in [2.05, 4.69) is 21.0 Å². The van der Waals surface area contributed by atoms with Crippen molar-refractivity contribution in [2.45, 2.75) is 20.5 Å². The van der Waals surface area contributed by atoms with Gasteiger partial charge in [0.2, 0.25) is 0 Å². The van der Waals surface area contributed by atoms with Crippen molar-refractivity contribution in [2.24, 2.45) is 7.05 Å². The standard InChI is InChI=1S/C13H16BrN3O/c1-8-4-5-10(6-11(8)15)18-7-12-13(14)9(2)16-17(12)3/h4-6H,7,15H2,1-3H3. The Morgan fingerprint density at radius 1 is 1.39 bits per heavy atom. The zero-order valence-electron chi connectivity index (χ0n) is 10.7. The lowest BCUT2D eigenvalue weighted by molar-refractivity contribution is 0.294. The molecule has 2 N–H and O–H groups in total. The first kappa shape index (κ1) is 13.0. The number of nitrogens with zero attached hydrogens (tertiary/aromatic N) is 2. The van der Waals surface area contributed by atoms with Crippen molar-refractivity contribution in [2.75, 3.05) is 5.73 Å². The number of hydrogen-bond acceptors (Lipinski definition) is 3. The van der Waals surface area contributed by atoms with Crippen molar-refractivity contribution < 1.29 is 4.74 Å². The first-order chi connectivity index (χ1) is 8.49. The number of ether oxygens (including phenoxy) is 1. The Hall–Kier alpha value is -1.49. The third-order valence-electron chi connectivity index (χ3n) is 2.89. The molecule has 0 aliphatic carbocycles. The van der Waals surface area contributed by atoms with Gasteiger partial charge >= 0.3 is 0 Å². The number of aromatic nitrogens is 2. The highest BCUT2D eigenvalue weighted by Crippen LogP contribution is 2.24. The normalized spacial score (nSPS) is 10.7. The molecule has 0 spiro atoms. The molecular weight excluding hydrogens is 294 g/mol. The quantitative estimate of drug-likeness (QED) is 0.887. The van der Waals surface area contributed by atoms with E-state index in [-0.39, 0.29) is 0 Å². The number of nitrogens with two attached hydrogens (primary N) is 1. The molecule has 0 radical (unpaired) electrons. The number of aryl methyl sites for hydroxylation is 3. The molecule has 2 aromatic rings. The van der Waals surface area contributed by atoms with Gasteiger partial charge in [0.25, 0.3) is 0 Å². The zero-order chi connectivity index (χ0) is 13.3. The highest BCUT2D eigenvalue weighted by Gasteiger charge is 2.11. The van der Waals surface area contributed by atoms with Gasteiger partial charge in [0.1, 0.15) is 12.4 Å². The van der Waals surface area contributed by atoms with Gasteiger partial charge in [0, 0.05) is 18.8 Å².